The Morgan fingerprint density at radius 2 is 2.04 bits per heavy atom. The molecule has 2 heterocycles. The fraction of sp³-hybridized carbons (Fsp3) is 0.200. The maximum atomic E-state index is 12.1. The van der Waals surface area contributed by atoms with Crippen LogP contribution in [0.1, 0.15) is 12.5 Å². The minimum atomic E-state index is -0.0556. The fourth-order valence-corrected chi connectivity index (χ4v) is 3.34. The molecule has 2 aromatic carbocycles. The fourth-order valence-electron chi connectivity index (χ4n) is 3.34. The summed E-state index contributed by atoms with van der Waals surface area (Å²) in [5, 5.41) is 5.69. The first-order chi connectivity index (χ1) is 12.3. The number of aryl methyl sites for hydroxylation is 1. The van der Waals surface area contributed by atoms with Crippen LogP contribution in [0.5, 0.6) is 0 Å². The van der Waals surface area contributed by atoms with E-state index in [1.165, 1.54) is 5.56 Å². The number of pyridine rings is 1. The van der Waals surface area contributed by atoms with Crippen molar-refractivity contribution in [2.24, 2.45) is 0 Å². The number of anilines is 1. The summed E-state index contributed by atoms with van der Waals surface area (Å²) in [4.78, 5) is 19.3. The monoisotopic (exact) mass is 332 g/mol. The second kappa shape index (κ2) is 6.43. The van der Waals surface area contributed by atoms with Gasteiger partial charge >= 0.3 is 5.69 Å². The maximum Gasteiger partial charge on any atom is 0.326 e. The minimum absolute atomic E-state index is 0.0556. The third kappa shape index (κ3) is 2.78. The molecule has 0 aliphatic carbocycles. The third-order valence-corrected chi connectivity index (χ3v) is 4.58. The van der Waals surface area contributed by atoms with Gasteiger partial charge in [0.05, 0.1) is 11.0 Å². The summed E-state index contributed by atoms with van der Waals surface area (Å²) in [6, 6.07) is 14.3. The Bertz CT molecular complexity index is 1080. The standard InChI is InChI=1S/C20H20N4O/c1-2-24-18-9-8-15-16(19(18)23-20(24)25)6-3-7-17(15)22-12-10-14-5-4-11-21-13-14/h3-9,11,13,22H,2,10,12H2,1H3,(H,23,25). The van der Waals surface area contributed by atoms with E-state index in [9.17, 15) is 4.79 Å². The minimum Gasteiger partial charge on any atom is -0.384 e. The molecule has 0 amide bonds. The highest BCUT2D eigenvalue weighted by Crippen LogP contribution is 2.28. The van der Waals surface area contributed by atoms with Gasteiger partial charge in [-0.1, -0.05) is 24.3 Å². The molecule has 0 atom stereocenters. The molecule has 0 saturated carbocycles. The van der Waals surface area contributed by atoms with E-state index in [0.29, 0.717) is 6.54 Å². The quantitative estimate of drug-likeness (QED) is 0.587. The Morgan fingerprint density at radius 1 is 1.12 bits per heavy atom. The van der Waals surface area contributed by atoms with Crippen LogP contribution in [-0.2, 0) is 13.0 Å². The highest BCUT2D eigenvalue weighted by Gasteiger charge is 2.10. The smallest absolute Gasteiger partial charge is 0.326 e. The number of imidazole rings is 1. The number of nitrogens with one attached hydrogen (secondary N) is 2. The van der Waals surface area contributed by atoms with E-state index < -0.39 is 0 Å². The van der Waals surface area contributed by atoms with Crippen LogP contribution in [0.3, 0.4) is 0 Å². The molecular formula is C20H20N4O. The van der Waals surface area contributed by atoms with Crippen LogP contribution < -0.4 is 11.0 Å². The van der Waals surface area contributed by atoms with Gasteiger partial charge in [-0.25, -0.2) is 4.79 Å². The Labute approximate surface area is 145 Å². The predicted molar refractivity (Wildman–Crippen MR) is 102 cm³/mol. The number of hydrogen-bond donors (Lipinski definition) is 2. The normalized spacial score (nSPS) is 11.2. The zero-order valence-corrected chi connectivity index (χ0v) is 14.1. The Balaban J connectivity index is 1.68. The number of aromatic nitrogens is 3. The van der Waals surface area contributed by atoms with Gasteiger partial charge in [0.25, 0.3) is 0 Å². The van der Waals surface area contributed by atoms with Crippen molar-refractivity contribution in [2.45, 2.75) is 19.9 Å². The molecular weight excluding hydrogens is 312 g/mol. The van der Waals surface area contributed by atoms with E-state index >= 15 is 0 Å². The number of fused-ring (bicyclic) bond motifs is 3. The molecule has 0 aliphatic rings. The Morgan fingerprint density at radius 3 is 2.84 bits per heavy atom. The highest BCUT2D eigenvalue weighted by molar-refractivity contribution is 6.08. The van der Waals surface area contributed by atoms with Gasteiger partial charge in [0.2, 0.25) is 0 Å². The van der Waals surface area contributed by atoms with Crippen LogP contribution in [0, 0.1) is 0 Å². The zero-order valence-electron chi connectivity index (χ0n) is 14.1. The molecule has 126 valence electrons. The lowest BCUT2D eigenvalue weighted by atomic mass is 10.1. The van der Waals surface area contributed by atoms with Gasteiger partial charge in [0, 0.05) is 41.9 Å². The SMILES string of the molecule is CCn1c(=O)[nH]c2c3cccc(NCCc4cccnc4)c3ccc21. The van der Waals surface area contributed by atoms with Crippen molar-refractivity contribution in [1.82, 2.24) is 14.5 Å². The molecule has 4 rings (SSSR count). The summed E-state index contributed by atoms with van der Waals surface area (Å²) in [7, 11) is 0. The molecule has 0 bridgehead atoms. The van der Waals surface area contributed by atoms with Crippen molar-refractivity contribution in [3.05, 3.63) is 70.9 Å². The summed E-state index contributed by atoms with van der Waals surface area (Å²) in [6.45, 7) is 3.47. The number of aromatic amines is 1. The molecule has 0 fully saturated rings. The van der Waals surface area contributed by atoms with Crippen molar-refractivity contribution in [1.29, 1.82) is 0 Å². The van der Waals surface area contributed by atoms with Crippen molar-refractivity contribution < 1.29 is 0 Å². The van der Waals surface area contributed by atoms with E-state index in [1.807, 2.05) is 31.3 Å². The van der Waals surface area contributed by atoms with Crippen LogP contribution in [0.2, 0.25) is 0 Å². The zero-order chi connectivity index (χ0) is 17.2. The van der Waals surface area contributed by atoms with E-state index in [4.69, 9.17) is 0 Å². The molecule has 2 N–H and O–H groups in total. The van der Waals surface area contributed by atoms with Gasteiger partial charge in [-0.2, -0.15) is 0 Å². The van der Waals surface area contributed by atoms with Gasteiger partial charge in [-0.3, -0.25) is 9.55 Å². The summed E-state index contributed by atoms with van der Waals surface area (Å²) in [5.41, 5.74) is 4.09. The molecule has 25 heavy (non-hydrogen) atoms. The van der Waals surface area contributed by atoms with E-state index in [1.54, 1.807) is 10.8 Å². The van der Waals surface area contributed by atoms with Crippen molar-refractivity contribution in [3.63, 3.8) is 0 Å². The number of rotatable bonds is 5. The molecule has 4 aromatic rings. The highest BCUT2D eigenvalue weighted by atomic mass is 16.1. The molecule has 5 heteroatoms. The Kier molecular flexibility index (Phi) is 3.98. The molecule has 0 saturated heterocycles. The Hall–Kier alpha value is -3.08. The van der Waals surface area contributed by atoms with Crippen LogP contribution in [0.15, 0.2) is 59.7 Å². The predicted octanol–water partition coefficient (Wildman–Crippen LogP) is 3.55. The van der Waals surface area contributed by atoms with Gasteiger partial charge < -0.3 is 10.3 Å². The van der Waals surface area contributed by atoms with Gasteiger partial charge in [-0.15, -0.1) is 0 Å². The lowest BCUT2D eigenvalue weighted by Gasteiger charge is -2.10. The second-order valence-electron chi connectivity index (χ2n) is 6.07. The van der Waals surface area contributed by atoms with Crippen molar-refractivity contribution in [2.75, 3.05) is 11.9 Å². The molecule has 5 nitrogen and oxygen atoms in total. The molecule has 0 radical (unpaired) electrons. The first kappa shape index (κ1) is 15.4. The lowest BCUT2D eigenvalue weighted by molar-refractivity contribution is 0.753. The van der Waals surface area contributed by atoms with Crippen LogP contribution in [0.4, 0.5) is 5.69 Å². The second-order valence-corrected chi connectivity index (χ2v) is 6.07. The van der Waals surface area contributed by atoms with E-state index in [0.717, 1.165) is 40.5 Å². The summed E-state index contributed by atoms with van der Waals surface area (Å²) >= 11 is 0. The topological polar surface area (TPSA) is 62.7 Å². The molecule has 0 spiro atoms. The van der Waals surface area contributed by atoms with E-state index in [-0.39, 0.29) is 5.69 Å². The summed E-state index contributed by atoms with van der Waals surface area (Å²) < 4.78 is 1.76. The van der Waals surface area contributed by atoms with Crippen molar-refractivity contribution >= 4 is 27.5 Å². The lowest BCUT2D eigenvalue weighted by Crippen LogP contribution is -2.14. The number of nitrogens with zero attached hydrogens (tertiary/aromatic N) is 2. The van der Waals surface area contributed by atoms with E-state index in [2.05, 4.69) is 39.6 Å². The third-order valence-electron chi connectivity index (χ3n) is 4.58. The van der Waals surface area contributed by atoms with Gasteiger partial charge in [-0.05, 0) is 37.1 Å². The molecule has 2 aromatic heterocycles. The first-order valence-corrected chi connectivity index (χ1v) is 8.55. The number of H-pyrrole nitrogens is 1. The molecule has 0 aliphatic heterocycles. The largest absolute Gasteiger partial charge is 0.384 e. The van der Waals surface area contributed by atoms with Crippen LogP contribution >= 0.6 is 0 Å². The molecule has 0 unspecified atom stereocenters. The number of hydrogen-bond acceptors (Lipinski definition) is 3. The summed E-state index contributed by atoms with van der Waals surface area (Å²) in [6.07, 6.45) is 4.60. The average Bonchev–Trinajstić information content (AvgIpc) is 2.98. The van der Waals surface area contributed by atoms with Gasteiger partial charge in [0.15, 0.2) is 0 Å². The van der Waals surface area contributed by atoms with Crippen molar-refractivity contribution in [3.8, 4) is 0 Å². The van der Waals surface area contributed by atoms with Crippen LogP contribution in [0.25, 0.3) is 21.8 Å². The summed E-state index contributed by atoms with van der Waals surface area (Å²) in [5.74, 6) is 0. The van der Waals surface area contributed by atoms with Crippen LogP contribution in [-0.4, -0.2) is 21.1 Å². The average molecular weight is 332 g/mol. The first-order valence-electron chi connectivity index (χ1n) is 8.55. The number of benzene rings is 2. The maximum absolute atomic E-state index is 12.1. The van der Waals surface area contributed by atoms with Gasteiger partial charge in [0.1, 0.15) is 0 Å².